The van der Waals surface area contributed by atoms with Crippen molar-refractivity contribution in [3.05, 3.63) is 41.7 Å². The maximum Gasteiger partial charge on any atom is 0.319 e. The van der Waals surface area contributed by atoms with Gasteiger partial charge in [0.05, 0.1) is 23.2 Å². The molecule has 0 radical (unpaired) electrons. The molecule has 0 aliphatic heterocycles. The summed E-state index contributed by atoms with van der Waals surface area (Å²) in [6, 6.07) is 9.23. The number of carbonyl (C=O) groups excluding carboxylic acids is 1. The van der Waals surface area contributed by atoms with Gasteiger partial charge in [0.15, 0.2) is 0 Å². The minimum absolute atomic E-state index is 0.290. The van der Waals surface area contributed by atoms with E-state index in [-0.39, 0.29) is 12.1 Å². The van der Waals surface area contributed by atoms with E-state index in [2.05, 4.69) is 15.7 Å². The van der Waals surface area contributed by atoms with Gasteiger partial charge in [0.25, 0.3) is 0 Å². The lowest BCUT2D eigenvalue weighted by molar-refractivity contribution is 0.160. The molecule has 1 aromatic carbocycles. The average Bonchev–Trinajstić information content (AvgIpc) is 2.86. The minimum Gasteiger partial charge on any atom is -0.393 e. The molecule has 0 aliphatic rings. The average molecular weight is 316 g/mol. The quantitative estimate of drug-likeness (QED) is 0.766. The number of carbonyl (C=O) groups is 1. The highest BCUT2D eigenvalue weighted by molar-refractivity contribution is 5.91. The highest BCUT2D eigenvalue weighted by Gasteiger charge is 2.11. The van der Waals surface area contributed by atoms with Crippen LogP contribution in [0.3, 0.4) is 0 Å². The smallest absolute Gasteiger partial charge is 0.319 e. The molecule has 1 unspecified atom stereocenters. The Morgan fingerprint density at radius 3 is 2.74 bits per heavy atom. The molecule has 0 aliphatic carbocycles. The first-order chi connectivity index (χ1) is 11.0. The Hall–Kier alpha value is -2.34. The van der Waals surface area contributed by atoms with Gasteiger partial charge in [0, 0.05) is 12.2 Å². The van der Waals surface area contributed by atoms with Crippen LogP contribution in [0, 0.1) is 13.8 Å². The summed E-state index contributed by atoms with van der Waals surface area (Å²) in [5.41, 5.74) is 3.44. The first kappa shape index (κ1) is 17.0. The van der Waals surface area contributed by atoms with Gasteiger partial charge in [-0.15, -0.1) is 0 Å². The number of hydrogen-bond acceptors (Lipinski definition) is 3. The van der Waals surface area contributed by atoms with Crippen molar-refractivity contribution in [2.45, 2.75) is 39.7 Å². The predicted octanol–water partition coefficient (Wildman–Crippen LogP) is 2.77. The Labute approximate surface area is 136 Å². The standard InChI is InChI=1S/C17H24N4O2/c1-4-14(22)9-10-18-17(23)19-15-7-5-6-8-16(15)21-13(3)11-12(2)20-21/h5-8,11,14,22H,4,9-10H2,1-3H3,(H2,18,19,23). The van der Waals surface area contributed by atoms with E-state index in [9.17, 15) is 9.90 Å². The lowest BCUT2D eigenvalue weighted by atomic mass is 10.2. The van der Waals surface area contributed by atoms with Crippen molar-refractivity contribution in [3.8, 4) is 5.69 Å². The van der Waals surface area contributed by atoms with Crippen molar-refractivity contribution in [2.75, 3.05) is 11.9 Å². The molecular formula is C17H24N4O2. The third-order valence-corrected chi connectivity index (χ3v) is 3.62. The zero-order valence-electron chi connectivity index (χ0n) is 13.8. The number of aromatic nitrogens is 2. The molecule has 0 saturated carbocycles. The van der Waals surface area contributed by atoms with Crippen molar-refractivity contribution < 1.29 is 9.90 Å². The maximum absolute atomic E-state index is 12.0. The first-order valence-corrected chi connectivity index (χ1v) is 7.87. The van der Waals surface area contributed by atoms with E-state index >= 15 is 0 Å². The molecule has 2 amide bonds. The Kier molecular flexibility index (Phi) is 5.76. The number of benzene rings is 1. The third-order valence-electron chi connectivity index (χ3n) is 3.62. The van der Waals surface area contributed by atoms with Crippen LogP contribution in [-0.4, -0.2) is 33.6 Å². The normalized spacial score (nSPS) is 12.0. The summed E-state index contributed by atoms with van der Waals surface area (Å²) in [6.45, 7) is 6.26. The number of nitrogens with zero attached hydrogens (tertiary/aromatic N) is 2. The van der Waals surface area contributed by atoms with E-state index in [0.717, 1.165) is 17.1 Å². The number of aryl methyl sites for hydroxylation is 2. The number of urea groups is 1. The minimum atomic E-state index is -0.378. The predicted molar refractivity (Wildman–Crippen MR) is 91.0 cm³/mol. The monoisotopic (exact) mass is 316 g/mol. The summed E-state index contributed by atoms with van der Waals surface area (Å²) >= 11 is 0. The van der Waals surface area contributed by atoms with Gasteiger partial charge >= 0.3 is 6.03 Å². The van der Waals surface area contributed by atoms with Gasteiger partial charge in [-0.2, -0.15) is 5.10 Å². The molecule has 3 N–H and O–H groups in total. The van der Waals surface area contributed by atoms with Gasteiger partial charge in [0.2, 0.25) is 0 Å². The maximum atomic E-state index is 12.0. The highest BCUT2D eigenvalue weighted by atomic mass is 16.3. The summed E-state index contributed by atoms with van der Waals surface area (Å²) in [4.78, 5) is 12.0. The lowest BCUT2D eigenvalue weighted by Crippen LogP contribution is -2.31. The number of para-hydroxylation sites is 2. The Balaban J connectivity index is 2.06. The van der Waals surface area contributed by atoms with Crippen LogP contribution in [0.25, 0.3) is 5.69 Å². The molecule has 2 rings (SSSR count). The molecule has 0 spiro atoms. The van der Waals surface area contributed by atoms with E-state index in [4.69, 9.17) is 0 Å². The fourth-order valence-electron chi connectivity index (χ4n) is 2.36. The molecule has 0 bridgehead atoms. The molecule has 0 fully saturated rings. The number of amides is 2. The number of anilines is 1. The fourth-order valence-corrected chi connectivity index (χ4v) is 2.36. The van der Waals surface area contributed by atoms with Crippen LogP contribution in [0.5, 0.6) is 0 Å². The van der Waals surface area contributed by atoms with Crippen LogP contribution in [0.2, 0.25) is 0 Å². The number of hydrogen-bond donors (Lipinski definition) is 3. The van der Waals surface area contributed by atoms with Crippen molar-refractivity contribution in [3.63, 3.8) is 0 Å². The zero-order chi connectivity index (χ0) is 16.8. The molecular weight excluding hydrogens is 292 g/mol. The van der Waals surface area contributed by atoms with Gasteiger partial charge in [-0.05, 0) is 44.9 Å². The van der Waals surface area contributed by atoms with Crippen molar-refractivity contribution >= 4 is 11.7 Å². The second kappa shape index (κ2) is 7.78. The van der Waals surface area contributed by atoms with Crippen molar-refractivity contribution in [1.29, 1.82) is 0 Å². The van der Waals surface area contributed by atoms with Crippen LogP contribution in [-0.2, 0) is 0 Å². The van der Waals surface area contributed by atoms with Gasteiger partial charge in [-0.25, -0.2) is 9.48 Å². The van der Waals surface area contributed by atoms with Gasteiger partial charge in [0.1, 0.15) is 0 Å². The van der Waals surface area contributed by atoms with Crippen LogP contribution in [0.15, 0.2) is 30.3 Å². The second-order valence-corrected chi connectivity index (χ2v) is 5.59. The Morgan fingerprint density at radius 1 is 1.35 bits per heavy atom. The highest BCUT2D eigenvalue weighted by Crippen LogP contribution is 2.21. The SMILES string of the molecule is CCC(O)CCNC(=O)Nc1ccccc1-n1nc(C)cc1C. The van der Waals surface area contributed by atoms with E-state index in [1.807, 2.05) is 55.8 Å². The van der Waals surface area contributed by atoms with E-state index in [1.54, 1.807) is 0 Å². The summed E-state index contributed by atoms with van der Waals surface area (Å²) in [5.74, 6) is 0. The number of nitrogens with one attached hydrogen (secondary N) is 2. The fraction of sp³-hybridized carbons (Fsp3) is 0.412. The summed E-state index contributed by atoms with van der Waals surface area (Å²) in [7, 11) is 0. The molecule has 1 atom stereocenters. The van der Waals surface area contributed by atoms with Crippen LogP contribution in [0.4, 0.5) is 10.5 Å². The molecule has 1 heterocycles. The zero-order valence-corrected chi connectivity index (χ0v) is 13.8. The molecule has 1 aromatic heterocycles. The molecule has 2 aromatic rings. The van der Waals surface area contributed by atoms with Gasteiger partial charge in [-0.1, -0.05) is 19.1 Å². The summed E-state index contributed by atoms with van der Waals surface area (Å²) in [5, 5.41) is 19.6. The molecule has 23 heavy (non-hydrogen) atoms. The number of aliphatic hydroxyl groups is 1. The van der Waals surface area contributed by atoms with E-state index in [1.165, 1.54) is 0 Å². The van der Waals surface area contributed by atoms with Crippen LogP contribution < -0.4 is 10.6 Å². The molecule has 124 valence electrons. The summed E-state index contributed by atoms with van der Waals surface area (Å²) in [6.07, 6.45) is 0.852. The van der Waals surface area contributed by atoms with E-state index in [0.29, 0.717) is 25.1 Å². The van der Waals surface area contributed by atoms with Crippen molar-refractivity contribution in [2.24, 2.45) is 0 Å². The second-order valence-electron chi connectivity index (χ2n) is 5.59. The lowest BCUT2D eigenvalue weighted by Gasteiger charge is -2.14. The Morgan fingerprint density at radius 2 is 2.09 bits per heavy atom. The van der Waals surface area contributed by atoms with Crippen molar-refractivity contribution in [1.82, 2.24) is 15.1 Å². The largest absolute Gasteiger partial charge is 0.393 e. The summed E-state index contributed by atoms with van der Waals surface area (Å²) < 4.78 is 1.81. The topological polar surface area (TPSA) is 79.2 Å². The number of aliphatic hydroxyl groups excluding tert-OH is 1. The van der Waals surface area contributed by atoms with Crippen LogP contribution >= 0.6 is 0 Å². The van der Waals surface area contributed by atoms with Gasteiger partial charge in [-0.3, -0.25) is 0 Å². The molecule has 0 saturated heterocycles. The number of rotatable bonds is 6. The molecule has 6 heteroatoms. The van der Waals surface area contributed by atoms with Crippen LogP contribution in [0.1, 0.15) is 31.2 Å². The third kappa shape index (κ3) is 4.56. The first-order valence-electron chi connectivity index (χ1n) is 7.87. The molecule has 6 nitrogen and oxygen atoms in total. The Bertz CT molecular complexity index is 666. The van der Waals surface area contributed by atoms with E-state index < -0.39 is 0 Å². The van der Waals surface area contributed by atoms with Gasteiger partial charge < -0.3 is 15.7 Å².